The van der Waals surface area contributed by atoms with Gasteiger partial charge in [-0.1, -0.05) is 0 Å². The van der Waals surface area contributed by atoms with Crippen molar-refractivity contribution in [3.8, 4) is 22.3 Å². The molecule has 0 aliphatic heterocycles. The number of hydrogen-bond donors (Lipinski definition) is 0. The van der Waals surface area contributed by atoms with E-state index in [0.717, 1.165) is 0 Å². The minimum absolute atomic E-state index is 0. The van der Waals surface area contributed by atoms with E-state index in [9.17, 15) is 0 Å². The Hall–Kier alpha value is -3.78. The first kappa shape index (κ1) is 36.6. The molecule has 2 atom stereocenters. The standard InChI is InChI=1S/C25H17.C21H17.2CH3.2ClH.H2Si.Zr/c1-2-8-18(9-3-1)21-16-20-12-7-15-24(25(20)17-21)23-14-6-11-19-10-4-5-13-22(19)23;1-14-12-20-15(2)10-11-19(21(20)13-14)18-9-5-7-16-6-3-4-8-17(16)18;;;;;;/h1-17H;3-13H,1-2H3;2*1H3;2*1H;1H2;. The molecule has 0 nitrogen and oxygen atoms in total. The first-order valence-corrected chi connectivity index (χ1v) is 31.6. The number of aryl methyl sites for hydroxylation is 1. The number of benzene rings is 7. The Labute approximate surface area is 323 Å². The molecule has 0 spiro atoms. The molecule has 2 aliphatic carbocycles. The molecule has 0 heterocycles. The van der Waals surface area contributed by atoms with Gasteiger partial charge in [-0.25, -0.2) is 0 Å². The van der Waals surface area contributed by atoms with Gasteiger partial charge in [-0.2, -0.15) is 0 Å². The van der Waals surface area contributed by atoms with Gasteiger partial charge in [0.1, 0.15) is 0 Å². The van der Waals surface area contributed by atoms with Gasteiger partial charge in [0.15, 0.2) is 0 Å². The van der Waals surface area contributed by atoms with E-state index in [4.69, 9.17) is 0 Å². The van der Waals surface area contributed by atoms with E-state index in [0.29, 0.717) is 7.25 Å². The Morgan fingerprint density at radius 1 is 0.481 bits per heavy atom. The van der Waals surface area contributed by atoms with Crippen LogP contribution in [-0.2, 0) is 17.4 Å². The molecule has 258 valence electrons. The zero-order chi connectivity index (χ0) is 34.2. The van der Waals surface area contributed by atoms with Crippen LogP contribution < -0.4 is 0 Å². The van der Waals surface area contributed by atoms with Crippen molar-refractivity contribution in [2.24, 2.45) is 0 Å². The normalized spacial score (nSPS) is 16.4. The van der Waals surface area contributed by atoms with Crippen molar-refractivity contribution in [1.29, 1.82) is 0 Å². The van der Waals surface area contributed by atoms with Crippen LogP contribution in [0.3, 0.4) is 0 Å². The fraction of sp³-hybridized carbons (Fsp3) is 0.125. The van der Waals surface area contributed by atoms with Crippen molar-refractivity contribution < 1.29 is 17.4 Å². The summed E-state index contributed by atoms with van der Waals surface area (Å²) in [5.41, 5.74) is 17.1. The zero-order valence-electron chi connectivity index (χ0n) is 30.2. The predicted octanol–water partition coefficient (Wildman–Crippen LogP) is 13.6. The van der Waals surface area contributed by atoms with E-state index < -0.39 is 17.4 Å². The molecule has 9 rings (SSSR count). The van der Waals surface area contributed by atoms with Crippen molar-refractivity contribution in [2.45, 2.75) is 30.4 Å². The molecule has 0 saturated carbocycles. The van der Waals surface area contributed by atoms with Gasteiger partial charge in [-0.05, 0) is 0 Å². The van der Waals surface area contributed by atoms with Crippen LogP contribution in [0.2, 0.25) is 9.26 Å². The number of halogens is 2. The van der Waals surface area contributed by atoms with Gasteiger partial charge in [-0.3, -0.25) is 0 Å². The van der Waals surface area contributed by atoms with Gasteiger partial charge in [0.05, 0.1) is 0 Å². The SMILES string of the molecule is CC1=Cc2c(-c3cccc4ccccc34)ccc(C)c2[CH]1[Zr]([CH3])([CH3])(=[SiH2])[CH]1C(c2ccccc2)=Cc2c(-c3cccc4ccccc34)cccc21.Cl.Cl. The average Bonchev–Trinajstić information content (AvgIpc) is 3.72. The summed E-state index contributed by atoms with van der Waals surface area (Å²) in [7, 11) is 0. The number of hydrogen-bond acceptors (Lipinski definition) is 0. The molecule has 7 aromatic rings. The molecule has 0 saturated heterocycles. The Morgan fingerprint density at radius 3 is 1.63 bits per heavy atom. The summed E-state index contributed by atoms with van der Waals surface area (Å²) in [5.74, 6) is 0. The first-order valence-electron chi connectivity index (χ1n) is 17.9. The number of rotatable bonds is 5. The van der Waals surface area contributed by atoms with Crippen molar-refractivity contribution in [2.75, 3.05) is 0 Å². The maximum atomic E-state index is 2.77. The van der Waals surface area contributed by atoms with E-state index in [1.807, 2.05) is 0 Å². The molecular formula is C48H44Cl2SiZr. The molecule has 2 aliphatic rings. The summed E-state index contributed by atoms with van der Waals surface area (Å²) in [6, 6.07) is 54.4. The summed E-state index contributed by atoms with van der Waals surface area (Å²) >= 11 is -3.91. The Kier molecular flexibility index (Phi) is 9.54. The van der Waals surface area contributed by atoms with Crippen LogP contribution in [0, 0.1) is 6.92 Å². The largest absolute Gasteiger partial charge is 0.147 e. The minimum Gasteiger partial charge on any atom is -0.147 e. The second-order valence-electron chi connectivity index (χ2n) is 15.8. The van der Waals surface area contributed by atoms with Crippen LogP contribution >= 0.6 is 24.8 Å². The summed E-state index contributed by atoms with van der Waals surface area (Å²) in [6.07, 6.45) is 5.14. The van der Waals surface area contributed by atoms with Crippen LogP contribution in [-0.4, -0.2) is 6.88 Å². The van der Waals surface area contributed by atoms with Crippen molar-refractivity contribution >= 4 is 71.0 Å². The molecule has 0 amide bonds. The van der Waals surface area contributed by atoms with Gasteiger partial charge in [0.2, 0.25) is 0 Å². The predicted molar refractivity (Wildman–Crippen MR) is 232 cm³/mol. The van der Waals surface area contributed by atoms with Crippen LogP contribution in [0.5, 0.6) is 0 Å². The second kappa shape index (κ2) is 13.6. The molecule has 0 bridgehead atoms. The van der Waals surface area contributed by atoms with Gasteiger partial charge in [0.25, 0.3) is 0 Å². The van der Waals surface area contributed by atoms with E-state index in [2.05, 4.69) is 188 Å². The van der Waals surface area contributed by atoms with Crippen molar-refractivity contribution in [1.82, 2.24) is 0 Å². The van der Waals surface area contributed by atoms with Gasteiger partial charge in [0, 0.05) is 0 Å². The fourth-order valence-corrected chi connectivity index (χ4v) is 29.8. The topological polar surface area (TPSA) is 0 Å². The van der Waals surface area contributed by atoms with Crippen molar-refractivity contribution in [3.05, 3.63) is 185 Å². The van der Waals surface area contributed by atoms with Gasteiger partial charge >= 0.3 is 301 Å². The van der Waals surface area contributed by atoms with Crippen LogP contribution in [0.1, 0.15) is 47.6 Å². The molecule has 52 heavy (non-hydrogen) atoms. The molecule has 0 N–H and O–H groups in total. The maximum absolute atomic E-state index is 3.91. The van der Waals surface area contributed by atoms with E-state index in [1.54, 1.807) is 5.56 Å². The number of allylic oxidation sites excluding steroid dienone is 2. The molecular weight excluding hydrogens is 767 g/mol. The van der Waals surface area contributed by atoms with Crippen LogP contribution in [0.15, 0.2) is 151 Å². The first-order chi connectivity index (χ1) is 24.2. The third-order valence-corrected chi connectivity index (χ3v) is 29.4. The second-order valence-corrected chi connectivity index (χ2v) is 46.2. The molecule has 0 fully saturated rings. The maximum Gasteiger partial charge on any atom is -0.147 e. The quantitative estimate of drug-likeness (QED) is 0.152. The third kappa shape index (κ3) is 5.66. The summed E-state index contributed by atoms with van der Waals surface area (Å²) in [5, 5.41) is 5.23. The smallest absolute Gasteiger partial charge is 0.147 e. The Bertz CT molecular complexity index is 2650. The van der Waals surface area contributed by atoms with Crippen LogP contribution in [0.4, 0.5) is 0 Å². The van der Waals surface area contributed by atoms with Gasteiger partial charge < -0.3 is 0 Å². The zero-order valence-corrected chi connectivity index (χ0v) is 35.7. The molecule has 2 unspecified atom stereocenters. The Morgan fingerprint density at radius 2 is 1.00 bits per heavy atom. The van der Waals surface area contributed by atoms with E-state index >= 15 is 0 Å². The Balaban J connectivity index is 0.00000210. The van der Waals surface area contributed by atoms with Crippen LogP contribution in [0.25, 0.3) is 61.5 Å². The van der Waals surface area contributed by atoms with E-state index in [-0.39, 0.29) is 24.8 Å². The van der Waals surface area contributed by atoms with Crippen molar-refractivity contribution in [3.63, 3.8) is 0 Å². The van der Waals surface area contributed by atoms with Gasteiger partial charge in [-0.15, -0.1) is 24.8 Å². The minimum atomic E-state index is -3.91. The summed E-state index contributed by atoms with van der Waals surface area (Å²) < 4.78 is 6.34. The monoisotopic (exact) mass is 808 g/mol. The average molecular weight is 811 g/mol. The molecule has 0 aromatic heterocycles. The molecule has 4 heteroatoms. The third-order valence-electron chi connectivity index (χ3n) is 11.8. The molecule has 0 radical (unpaired) electrons. The molecule has 7 aromatic carbocycles. The number of fused-ring (bicyclic) bond motifs is 4. The fourth-order valence-electron chi connectivity index (χ4n) is 9.91. The summed E-state index contributed by atoms with van der Waals surface area (Å²) in [4.78, 5) is 0. The summed E-state index contributed by atoms with van der Waals surface area (Å²) in [6.45, 7) is 7.23. The van der Waals surface area contributed by atoms with E-state index in [1.165, 1.54) is 82.8 Å².